The molecule has 1 aromatic carbocycles. The van der Waals surface area contributed by atoms with Gasteiger partial charge >= 0.3 is 0 Å². The average molecular weight is 251 g/mol. The molecule has 0 fully saturated rings. The van der Waals surface area contributed by atoms with Crippen molar-refractivity contribution in [2.75, 3.05) is 7.11 Å². The molecule has 0 amide bonds. The molecule has 3 heteroatoms. The van der Waals surface area contributed by atoms with Gasteiger partial charge in [-0.1, -0.05) is 39.0 Å². The Morgan fingerprint density at radius 1 is 1.18 bits per heavy atom. The van der Waals surface area contributed by atoms with Gasteiger partial charge in [0, 0.05) is 12.7 Å². The lowest BCUT2D eigenvalue weighted by Crippen LogP contribution is -2.19. The standard InChI is InChI=1S/C14H23O2Si/c1-14(2,3)12-9-7-8-11(10-15-4)13(12)16-17(5)6/h7-9H,10H2,1-6H3. The third-order valence-corrected chi connectivity index (χ3v) is 3.12. The van der Waals surface area contributed by atoms with Crippen molar-refractivity contribution in [1.82, 2.24) is 0 Å². The monoisotopic (exact) mass is 251 g/mol. The van der Waals surface area contributed by atoms with Crippen LogP contribution in [-0.2, 0) is 16.8 Å². The predicted molar refractivity (Wildman–Crippen MR) is 74.0 cm³/mol. The van der Waals surface area contributed by atoms with Crippen molar-refractivity contribution in [3.05, 3.63) is 29.3 Å². The molecule has 17 heavy (non-hydrogen) atoms. The Balaban J connectivity index is 3.24. The highest BCUT2D eigenvalue weighted by Gasteiger charge is 2.21. The van der Waals surface area contributed by atoms with Gasteiger partial charge in [0.1, 0.15) is 5.75 Å². The van der Waals surface area contributed by atoms with Crippen LogP contribution in [0.1, 0.15) is 31.9 Å². The zero-order valence-corrected chi connectivity index (χ0v) is 12.8. The van der Waals surface area contributed by atoms with Crippen molar-refractivity contribution in [2.45, 2.75) is 45.9 Å². The van der Waals surface area contributed by atoms with Crippen LogP contribution in [0.5, 0.6) is 5.75 Å². The Bertz CT molecular complexity index is 367. The molecule has 0 aliphatic carbocycles. The van der Waals surface area contributed by atoms with Crippen LogP contribution < -0.4 is 4.43 Å². The summed E-state index contributed by atoms with van der Waals surface area (Å²) in [5, 5.41) is 0. The predicted octanol–water partition coefficient (Wildman–Crippen LogP) is 3.76. The van der Waals surface area contributed by atoms with Gasteiger partial charge in [-0.25, -0.2) is 0 Å². The first-order valence-corrected chi connectivity index (χ1v) is 8.36. The van der Waals surface area contributed by atoms with Crippen LogP contribution in [0.2, 0.25) is 13.1 Å². The highest BCUT2D eigenvalue weighted by atomic mass is 28.3. The number of rotatable bonds is 4. The van der Waals surface area contributed by atoms with Gasteiger partial charge < -0.3 is 9.16 Å². The smallest absolute Gasteiger partial charge is 0.274 e. The zero-order chi connectivity index (χ0) is 13.1. The molecule has 0 heterocycles. The fraction of sp³-hybridized carbons (Fsp3) is 0.571. The summed E-state index contributed by atoms with van der Waals surface area (Å²) in [6.45, 7) is 11.5. The van der Waals surface area contributed by atoms with Crippen molar-refractivity contribution >= 4 is 9.04 Å². The fourth-order valence-electron chi connectivity index (χ4n) is 1.77. The van der Waals surface area contributed by atoms with Crippen LogP contribution in [0.25, 0.3) is 0 Å². The third kappa shape index (κ3) is 3.86. The number of benzene rings is 1. The van der Waals surface area contributed by atoms with E-state index < -0.39 is 9.04 Å². The minimum Gasteiger partial charge on any atom is -0.542 e. The van der Waals surface area contributed by atoms with Crippen LogP contribution >= 0.6 is 0 Å². The summed E-state index contributed by atoms with van der Waals surface area (Å²) in [6.07, 6.45) is 0. The third-order valence-electron chi connectivity index (χ3n) is 2.51. The maximum Gasteiger partial charge on any atom is 0.274 e. The minimum absolute atomic E-state index is 0.0937. The molecule has 0 saturated carbocycles. The van der Waals surface area contributed by atoms with Crippen LogP contribution in [0.3, 0.4) is 0 Å². The van der Waals surface area contributed by atoms with Crippen molar-refractivity contribution in [2.24, 2.45) is 0 Å². The number of para-hydroxylation sites is 1. The first kappa shape index (κ1) is 14.3. The number of ether oxygens (including phenoxy) is 1. The van der Waals surface area contributed by atoms with Crippen molar-refractivity contribution in [3.8, 4) is 5.75 Å². The molecule has 95 valence electrons. The van der Waals surface area contributed by atoms with Gasteiger partial charge in [-0.05, 0) is 24.1 Å². The van der Waals surface area contributed by atoms with Gasteiger partial charge in [0.25, 0.3) is 9.04 Å². The molecule has 1 aromatic rings. The Kier molecular flexibility index (Phi) is 4.77. The Morgan fingerprint density at radius 2 is 1.82 bits per heavy atom. The summed E-state index contributed by atoms with van der Waals surface area (Å²) < 4.78 is 11.3. The highest BCUT2D eigenvalue weighted by Crippen LogP contribution is 2.34. The number of hydrogen-bond donors (Lipinski definition) is 0. The zero-order valence-electron chi connectivity index (χ0n) is 11.8. The van der Waals surface area contributed by atoms with Crippen LogP contribution in [0, 0.1) is 0 Å². The SMILES string of the molecule is COCc1cccc(C(C)(C)C)c1O[Si](C)C. The van der Waals surface area contributed by atoms with Gasteiger partial charge in [0.2, 0.25) is 0 Å². The number of methoxy groups -OCH3 is 1. The summed E-state index contributed by atoms with van der Waals surface area (Å²) in [5.74, 6) is 1.03. The first-order valence-electron chi connectivity index (χ1n) is 5.95. The van der Waals surface area contributed by atoms with E-state index in [9.17, 15) is 0 Å². The van der Waals surface area contributed by atoms with E-state index in [0.717, 1.165) is 11.3 Å². The summed E-state index contributed by atoms with van der Waals surface area (Å²) >= 11 is 0. The van der Waals surface area contributed by atoms with E-state index in [1.165, 1.54) is 5.56 Å². The minimum atomic E-state index is -0.764. The molecule has 0 atom stereocenters. The molecule has 0 saturated heterocycles. The lowest BCUT2D eigenvalue weighted by atomic mass is 9.85. The van der Waals surface area contributed by atoms with E-state index in [2.05, 4.69) is 52.1 Å². The lowest BCUT2D eigenvalue weighted by Gasteiger charge is -2.26. The Morgan fingerprint density at radius 3 is 2.29 bits per heavy atom. The van der Waals surface area contributed by atoms with Gasteiger partial charge in [-0.15, -0.1) is 0 Å². The normalized spacial score (nSPS) is 11.9. The van der Waals surface area contributed by atoms with Gasteiger partial charge in [0.05, 0.1) is 6.61 Å². The molecule has 0 N–H and O–H groups in total. The van der Waals surface area contributed by atoms with E-state index in [1.54, 1.807) is 7.11 Å². The molecule has 0 aliphatic rings. The summed E-state index contributed by atoms with van der Waals surface area (Å²) in [6, 6.07) is 6.32. The van der Waals surface area contributed by atoms with Gasteiger partial charge in [0.15, 0.2) is 0 Å². The molecule has 0 spiro atoms. The van der Waals surface area contributed by atoms with Crippen molar-refractivity contribution in [3.63, 3.8) is 0 Å². The maximum absolute atomic E-state index is 6.08. The second-order valence-corrected chi connectivity index (χ2v) is 7.51. The van der Waals surface area contributed by atoms with Crippen molar-refractivity contribution < 1.29 is 9.16 Å². The summed E-state index contributed by atoms with van der Waals surface area (Å²) in [5.41, 5.74) is 2.50. The highest BCUT2D eigenvalue weighted by molar-refractivity contribution is 6.49. The van der Waals surface area contributed by atoms with Crippen LogP contribution in [0.4, 0.5) is 0 Å². The van der Waals surface area contributed by atoms with Crippen LogP contribution in [-0.4, -0.2) is 16.2 Å². The molecule has 1 radical (unpaired) electrons. The molecule has 1 rings (SSSR count). The van der Waals surface area contributed by atoms with E-state index in [0.29, 0.717) is 6.61 Å². The Hall–Kier alpha value is -0.803. The van der Waals surface area contributed by atoms with Gasteiger partial charge in [-0.3, -0.25) is 0 Å². The topological polar surface area (TPSA) is 18.5 Å². The second-order valence-electron chi connectivity index (χ2n) is 5.49. The molecule has 0 aliphatic heterocycles. The molecule has 0 unspecified atom stereocenters. The van der Waals surface area contributed by atoms with Gasteiger partial charge in [-0.2, -0.15) is 0 Å². The first-order chi connectivity index (χ1) is 7.86. The van der Waals surface area contributed by atoms with E-state index in [4.69, 9.17) is 9.16 Å². The molecular formula is C14H23O2Si. The van der Waals surface area contributed by atoms with Crippen molar-refractivity contribution in [1.29, 1.82) is 0 Å². The summed E-state index contributed by atoms with van der Waals surface area (Å²) in [4.78, 5) is 0. The fourth-order valence-corrected chi connectivity index (χ4v) is 2.42. The quantitative estimate of drug-likeness (QED) is 0.759. The maximum atomic E-state index is 6.08. The molecule has 0 aromatic heterocycles. The van der Waals surface area contributed by atoms with E-state index >= 15 is 0 Å². The van der Waals surface area contributed by atoms with E-state index in [-0.39, 0.29) is 5.41 Å². The molecular weight excluding hydrogens is 228 g/mol. The average Bonchev–Trinajstić information content (AvgIpc) is 2.18. The van der Waals surface area contributed by atoms with E-state index in [1.807, 2.05) is 0 Å². The Labute approximate surface area is 107 Å². The second kappa shape index (κ2) is 5.69. The number of hydrogen-bond acceptors (Lipinski definition) is 2. The molecule has 2 nitrogen and oxygen atoms in total. The largest absolute Gasteiger partial charge is 0.542 e. The van der Waals surface area contributed by atoms with Crippen LogP contribution in [0.15, 0.2) is 18.2 Å². The molecule has 0 bridgehead atoms. The summed E-state index contributed by atoms with van der Waals surface area (Å²) in [7, 11) is 0.955. The lowest BCUT2D eigenvalue weighted by molar-refractivity contribution is 0.183.